The van der Waals surface area contributed by atoms with Gasteiger partial charge >= 0.3 is 0 Å². The van der Waals surface area contributed by atoms with Crippen LogP contribution in [0.3, 0.4) is 0 Å². The molecule has 2 heteroatoms. The Morgan fingerprint density at radius 1 is 1.33 bits per heavy atom. The Kier molecular flexibility index (Phi) is 3.32. The SMILES string of the molecule is CC1CCCC1C(O)c1ccccc1Cl. The Bertz CT molecular complexity index is 337. The summed E-state index contributed by atoms with van der Waals surface area (Å²) in [7, 11) is 0. The second kappa shape index (κ2) is 4.54. The summed E-state index contributed by atoms with van der Waals surface area (Å²) in [5, 5.41) is 11.0. The molecule has 0 aromatic heterocycles. The number of halogens is 1. The molecule has 2 rings (SSSR count). The van der Waals surface area contributed by atoms with E-state index in [0.717, 1.165) is 12.0 Å². The van der Waals surface area contributed by atoms with Crippen molar-refractivity contribution in [3.8, 4) is 0 Å². The van der Waals surface area contributed by atoms with Gasteiger partial charge in [0.05, 0.1) is 6.10 Å². The molecule has 1 aliphatic rings. The molecule has 15 heavy (non-hydrogen) atoms. The third-order valence-electron chi connectivity index (χ3n) is 3.56. The Morgan fingerprint density at radius 2 is 2.07 bits per heavy atom. The van der Waals surface area contributed by atoms with Crippen LogP contribution in [0.2, 0.25) is 5.02 Å². The summed E-state index contributed by atoms with van der Waals surface area (Å²) in [6.07, 6.45) is 3.18. The summed E-state index contributed by atoms with van der Waals surface area (Å²) in [5.74, 6) is 0.987. The summed E-state index contributed by atoms with van der Waals surface area (Å²) in [6.45, 7) is 2.22. The molecule has 1 nitrogen and oxygen atoms in total. The van der Waals surface area contributed by atoms with Gasteiger partial charge in [-0.1, -0.05) is 49.6 Å². The van der Waals surface area contributed by atoms with Crippen LogP contribution in [0, 0.1) is 11.8 Å². The summed E-state index contributed by atoms with van der Waals surface area (Å²) in [5.41, 5.74) is 0.887. The molecule has 0 spiro atoms. The van der Waals surface area contributed by atoms with Gasteiger partial charge in [-0.25, -0.2) is 0 Å². The van der Waals surface area contributed by atoms with Gasteiger partial charge in [0.15, 0.2) is 0 Å². The average molecular weight is 225 g/mol. The first-order chi connectivity index (χ1) is 7.20. The summed E-state index contributed by atoms with van der Waals surface area (Å²) in [6, 6.07) is 7.61. The van der Waals surface area contributed by atoms with Gasteiger partial charge in [-0.05, 0) is 29.9 Å². The standard InChI is InChI=1S/C13H17ClO/c1-9-5-4-7-10(9)13(15)11-6-2-3-8-12(11)14/h2-3,6,8-10,13,15H,4-5,7H2,1H3. The molecule has 3 unspecified atom stereocenters. The first-order valence-corrected chi connectivity index (χ1v) is 6.00. The number of hydrogen-bond donors (Lipinski definition) is 1. The van der Waals surface area contributed by atoms with Crippen molar-refractivity contribution in [2.45, 2.75) is 32.3 Å². The highest BCUT2D eigenvalue weighted by Crippen LogP contribution is 2.41. The Hall–Kier alpha value is -0.530. The molecule has 1 aliphatic carbocycles. The van der Waals surface area contributed by atoms with Gasteiger partial charge < -0.3 is 5.11 Å². The maximum atomic E-state index is 10.3. The van der Waals surface area contributed by atoms with Crippen LogP contribution in [0.1, 0.15) is 37.9 Å². The molecule has 0 saturated heterocycles. The Morgan fingerprint density at radius 3 is 2.67 bits per heavy atom. The highest BCUT2D eigenvalue weighted by molar-refractivity contribution is 6.31. The molecule has 1 aromatic rings. The average Bonchev–Trinajstić information content (AvgIpc) is 2.64. The smallest absolute Gasteiger partial charge is 0.0835 e. The molecule has 0 heterocycles. The molecule has 0 bridgehead atoms. The van der Waals surface area contributed by atoms with Crippen LogP contribution in [-0.2, 0) is 0 Å². The summed E-state index contributed by atoms with van der Waals surface area (Å²) >= 11 is 6.09. The Balaban J connectivity index is 2.20. The molecule has 1 fully saturated rings. The predicted octanol–water partition coefficient (Wildman–Crippen LogP) is 3.81. The van der Waals surface area contributed by atoms with Crippen molar-refractivity contribution < 1.29 is 5.11 Å². The largest absolute Gasteiger partial charge is 0.388 e. The molecule has 1 aromatic carbocycles. The number of rotatable bonds is 2. The quantitative estimate of drug-likeness (QED) is 0.810. The zero-order valence-corrected chi connectivity index (χ0v) is 9.74. The highest BCUT2D eigenvalue weighted by Gasteiger charge is 2.31. The van der Waals surface area contributed by atoms with Crippen LogP contribution in [0.5, 0.6) is 0 Å². The van der Waals surface area contributed by atoms with Crippen molar-refractivity contribution >= 4 is 11.6 Å². The van der Waals surface area contributed by atoms with Crippen molar-refractivity contribution in [3.63, 3.8) is 0 Å². The normalized spacial score (nSPS) is 27.9. The molecule has 1 N–H and O–H groups in total. The van der Waals surface area contributed by atoms with E-state index in [1.165, 1.54) is 12.8 Å². The van der Waals surface area contributed by atoms with Crippen molar-refractivity contribution in [3.05, 3.63) is 34.9 Å². The van der Waals surface area contributed by atoms with Gasteiger partial charge in [0.1, 0.15) is 0 Å². The van der Waals surface area contributed by atoms with Gasteiger partial charge in [-0.15, -0.1) is 0 Å². The number of hydrogen-bond acceptors (Lipinski definition) is 1. The molecule has 0 radical (unpaired) electrons. The van der Waals surface area contributed by atoms with Crippen LogP contribution in [0.15, 0.2) is 24.3 Å². The fraction of sp³-hybridized carbons (Fsp3) is 0.538. The fourth-order valence-corrected chi connectivity index (χ4v) is 2.84. The van der Waals surface area contributed by atoms with E-state index in [2.05, 4.69) is 6.92 Å². The van der Waals surface area contributed by atoms with Gasteiger partial charge in [-0.3, -0.25) is 0 Å². The minimum atomic E-state index is -0.392. The fourth-order valence-electron chi connectivity index (χ4n) is 2.59. The van der Waals surface area contributed by atoms with Crippen LogP contribution >= 0.6 is 11.6 Å². The Labute approximate surface area is 96.1 Å². The zero-order valence-electron chi connectivity index (χ0n) is 8.99. The molecule has 82 valence electrons. The van der Waals surface area contributed by atoms with Crippen molar-refractivity contribution in [1.29, 1.82) is 0 Å². The van der Waals surface area contributed by atoms with Crippen LogP contribution in [0.4, 0.5) is 0 Å². The van der Waals surface area contributed by atoms with Crippen LogP contribution in [0.25, 0.3) is 0 Å². The predicted molar refractivity (Wildman–Crippen MR) is 62.9 cm³/mol. The molecule has 0 aliphatic heterocycles. The lowest BCUT2D eigenvalue weighted by Gasteiger charge is -2.23. The summed E-state index contributed by atoms with van der Waals surface area (Å²) < 4.78 is 0. The molecular formula is C13H17ClO. The minimum absolute atomic E-state index is 0.380. The van der Waals surface area contributed by atoms with E-state index in [-0.39, 0.29) is 0 Å². The number of aliphatic hydroxyl groups excluding tert-OH is 1. The van der Waals surface area contributed by atoms with Crippen molar-refractivity contribution in [2.24, 2.45) is 11.8 Å². The molecule has 1 saturated carbocycles. The zero-order chi connectivity index (χ0) is 10.8. The van der Waals surface area contributed by atoms with E-state index in [4.69, 9.17) is 11.6 Å². The van der Waals surface area contributed by atoms with E-state index in [1.807, 2.05) is 24.3 Å². The van der Waals surface area contributed by atoms with E-state index in [0.29, 0.717) is 16.9 Å². The molecular weight excluding hydrogens is 208 g/mol. The monoisotopic (exact) mass is 224 g/mol. The van der Waals surface area contributed by atoms with Crippen molar-refractivity contribution in [2.75, 3.05) is 0 Å². The second-order valence-corrected chi connectivity index (χ2v) is 4.95. The lowest BCUT2D eigenvalue weighted by Crippen LogP contribution is -2.15. The van der Waals surface area contributed by atoms with Gasteiger partial charge in [-0.2, -0.15) is 0 Å². The topological polar surface area (TPSA) is 20.2 Å². The number of aliphatic hydroxyl groups is 1. The van der Waals surface area contributed by atoms with E-state index < -0.39 is 6.10 Å². The lowest BCUT2D eigenvalue weighted by atomic mass is 9.88. The van der Waals surface area contributed by atoms with Crippen LogP contribution < -0.4 is 0 Å². The van der Waals surface area contributed by atoms with E-state index in [9.17, 15) is 5.11 Å². The molecule has 0 amide bonds. The first kappa shape index (κ1) is 11.0. The van der Waals surface area contributed by atoms with Gasteiger partial charge in [0, 0.05) is 5.02 Å². The van der Waals surface area contributed by atoms with Crippen molar-refractivity contribution in [1.82, 2.24) is 0 Å². The summed E-state index contributed by atoms with van der Waals surface area (Å²) in [4.78, 5) is 0. The third-order valence-corrected chi connectivity index (χ3v) is 3.90. The second-order valence-electron chi connectivity index (χ2n) is 4.54. The van der Waals surface area contributed by atoms with Crippen LogP contribution in [-0.4, -0.2) is 5.11 Å². The van der Waals surface area contributed by atoms with Gasteiger partial charge in [0.2, 0.25) is 0 Å². The number of benzene rings is 1. The third kappa shape index (κ3) is 2.19. The van der Waals surface area contributed by atoms with Gasteiger partial charge in [0.25, 0.3) is 0 Å². The van der Waals surface area contributed by atoms with E-state index in [1.54, 1.807) is 0 Å². The lowest BCUT2D eigenvalue weighted by molar-refractivity contribution is 0.0901. The first-order valence-electron chi connectivity index (χ1n) is 5.62. The molecule has 3 atom stereocenters. The minimum Gasteiger partial charge on any atom is -0.388 e. The maximum absolute atomic E-state index is 10.3. The highest BCUT2D eigenvalue weighted by atomic mass is 35.5. The maximum Gasteiger partial charge on any atom is 0.0835 e. The van der Waals surface area contributed by atoms with E-state index >= 15 is 0 Å².